The zero-order chi connectivity index (χ0) is 15.8. The molecule has 0 saturated carbocycles. The van der Waals surface area contributed by atoms with Crippen LogP contribution in [0.5, 0.6) is 0 Å². The van der Waals surface area contributed by atoms with Gasteiger partial charge in [-0.25, -0.2) is 4.99 Å². The van der Waals surface area contributed by atoms with Gasteiger partial charge in [0.25, 0.3) is 0 Å². The molecule has 2 aliphatic rings. The minimum atomic E-state index is 0.563. The number of nitrogens with zero attached hydrogens (tertiary/aromatic N) is 4. The van der Waals surface area contributed by atoms with E-state index < -0.39 is 0 Å². The molecule has 1 fully saturated rings. The monoisotopic (exact) mass is 324 g/mol. The minimum absolute atomic E-state index is 0.563. The molecule has 0 radical (unpaired) electrons. The van der Waals surface area contributed by atoms with Gasteiger partial charge < -0.3 is 9.80 Å². The summed E-state index contributed by atoms with van der Waals surface area (Å²) >= 11 is 1.86. The van der Waals surface area contributed by atoms with E-state index in [4.69, 9.17) is 4.99 Å². The smallest absolute Gasteiger partial charge is 0.165 e. The van der Waals surface area contributed by atoms with Crippen molar-refractivity contribution in [1.29, 1.82) is 0 Å². The van der Waals surface area contributed by atoms with Crippen molar-refractivity contribution in [2.24, 2.45) is 4.99 Å². The summed E-state index contributed by atoms with van der Waals surface area (Å²) in [7, 11) is 4.18. The molecule has 0 unspecified atom stereocenters. The number of pyridine rings is 1. The van der Waals surface area contributed by atoms with Crippen LogP contribution in [0, 0.1) is 0 Å². The molecule has 1 atom stereocenters. The largest absolute Gasteiger partial charge is 0.378 e. The van der Waals surface area contributed by atoms with Gasteiger partial charge in [-0.2, -0.15) is 0 Å². The standard InChI is InChI=1S/C18H20N4S/c1-21(2)16-6-5-13-8-17-12-23-18(22(17)11-14(13)9-16)20-15-4-3-7-19-10-15/h3-7,9-10,17H,8,11-12H2,1-2H3/t17-/m0/s1. The van der Waals surface area contributed by atoms with Crippen LogP contribution in [0.25, 0.3) is 0 Å². The van der Waals surface area contributed by atoms with Crippen LogP contribution < -0.4 is 4.90 Å². The second-order valence-electron chi connectivity index (χ2n) is 6.25. The minimum Gasteiger partial charge on any atom is -0.378 e. The third kappa shape index (κ3) is 2.81. The fourth-order valence-electron chi connectivity index (χ4n) is 3.17. The number of benzene rings is 1. The fourth-order valence-corrected chi connectivity index (χ4v) is 4.36. The third-order valence-electron chi connectivity index (χ3n) is 4.46. The fraction of sp³-hybridized carbons (Fsp3) is 0.333. The van der Waals surface area contributed by atoms with Crippen molar-refractivity contribution >= 4 is 28.3 Å². The molecule has 1 aromatic heterocycles. The Labute approximate surface area is 141 Å². The van der Waals surface area contributed by atoms with Crippen LogP contribution in [-0.4, -0.2) is 40.9 Å². The van der Waals surface area contributed by atoms with E-state index in [2.05, 4.69) is 47.1 Å². The van der Waals surface area contributed by atoms with Gasteiger partial charge in [-0.15, -0.1) is 0 Å². The highest BCUT2D eigenvalue weighted by molar-refractivity contribution is 8.14. The molecule has 2 aromatic rings. The molecule has 23 heavy (non-hydrogen) atoms. The van der Waals surface area contributed by atoms with Crippen molar-refractivity contribution in [2.45, 2.75) is 19.0 Å². The molecule has 1 aromatic carbocycles. The highest BCUT2D eigenvalue weighted by Gasteiger charge is 2.34. The zero-order valence-electron chi connectivity index (χ0n) is 13.4. The molecule has 2 aliphatic heterocycles. The molecule has 4 nitrogen and oxygen atoms in total. The number of rotatable bonds is 2. The Morgan fingerprint density at radius 1 is 1.26 bits per heavy atom. The van der Waals surface area contributed by atoms with Gasteiger partial charge in [0.1, 0.15) is 0 Å². The van der Waals surface area contributed by atoms with Gasteiger partial charge in [0.05, 0.1) is 11.9 Å². The average Bonchev–Trinajstić information content (AvgIpc) is 2.95. The lowest BCUT2D eigenvalue weighted by Gasteiger charge is -2.33. The van der Waals surface area contributed by atoms with Crippen LogP contribution in [0.2, 0.25) is 0 Å². The van der Waals surface area contributed by atoms with E-state index in [1.54, 1.807) is 6.20 Å². The number of aromatic nitrogens is 1. The summed E-state index contributed by atoms with van der Waals surface area (Å²) < 4.78 is 0. The number of hydrogen-bond acceptors (Lipinski definition) is 4. The van der Waals surface area contributed by atoms with Gasteiger partial charge in [0.2, 0.25) is 0 Å². The summed E-state index contributed by atoms with van der Waals surface area (Å²) in [4.78, 5) is 13.6. The number of fused-ring (bicyclic) bond motifs is 2. The third-order valence-corrected chi connectivity index (χ3v) is 5.60. The molecule has 0 N–H and O–H groups in total. The van der Waals surface area contributed by atoms with Crippen LogP contribution in [0.3, 0.4) is 0 Å². The predicted molar refractivity (Wildman–Crippen MR) is 97.6 cm³/mol. The maximum absolute atomic E-state index is 4.81. The quantitative estimate of drug-likeness (QED) is 0.848. The van der Waals surface area contributed by atoms with Gasteiger partial charge in [0.15, 0.2) is 5.17 Å². The van der Waals surface area contributed by atoms with E-state index in [-0.39, 0.29) is 0 Å². The number of aliphatic imine (C=N–C) groups is 1. The first-order valence-corrected chi connectivity index (χ1v) is 8.86. The summed E-state index contributed by atoms with van der Waals surface area (Å²) in [6.45, 7) is 0.952. The van der Waals surface area contributed by atoms with E-state index in [1.165, 1.54) is 16.8 Å². The van der Waals surface area contributed by atoms with Crippen LogP contribution in [0.1, 0.15) is 11.1 Å². The highest BCUT2D eigenvalue weighted by Crippen LogP contribution is 2.35. The number of thioether (sulfide) groups is 1. The SMILES string of the molecule is CN(C)c1ccc2c(c1)CN1C(=Nc3cccnc3)SC[C@@H]1C2. The Hall–Kier alpha value is -2.01. The molecular weight excluding hydrogens is 304 g/mol. The second-order valence-corrected chi connectivity index (χ2v) is 7.24. The Bertz CT molecular complexity index is 742. The van der Waals surface area contributed by atoms with Crippen molar-refractivity contribution in [1.82, 2.24) is 9.88 Å². The molecular formula is C18H20N4S. The lowest BCUT2D eigenvalue weighted by atomic mass is 9.94. The van der Waals surface area contributed by atoms with E-state index in [1.807, 2.05) is 30.1 Å². The summed E-state index contributed by atoms with van der Waals surface area (Å²) in [5, 5.41) is 1.13. The predicted octanol–water partition coefficient (Wildman–Crippen LogP) is 3.31. The Balaban J connectivity index is 1.64. The van der Waals surface area contributed by atoms with Crippen LogP contribution in [0.15, 0.2) is 47.7 Å². The molecule has 5 heteroatoms. The summed E-state index contributed by atoms with van der Waals surface area (Å²) in [6.07, 6.45) is 4.72. The maximum atomic E-state index is 4.81. The van der Waals surface area contributed by atoms with Crippen molar-refractivity contribution in [3.05, 3.63) is 53.9 Å². The second kappa shape index (κ2) is 5.89. The molecule has 0 amide bonds. The van der Waals surface area contributed by atoms with E-state index in [9.17, 15) is 0 Å². The van der Waals surface area contributed by atoms with Crippen LogP contribution >= 0.6 is 11.8 Å². The lowest BCUT2D eigenvalue weighted by molar-refractivity contribution is 0.320. The molecule has 1 saturated heterocycles. The molecule has 118 valence electrons. The molecule has 0 spiro atoms. The first-order valence-electron chi connectivity index (χ1n) is 7.88. The van der Waals surface area contributed by atoms with E-state index in [0.29, 0.717) is 6.04 Å². The highest BCUT2D eigenvalue weighted by atomic mass is 32.2. The Kier molecular flexibility index (Phi) is 3.73. The lowest BCUT2D eigenvalue weighted by Crippen LogP contribution is -2.39. The summed E-state index contributed by atoms with van der Waals surface area (Å²) in [5.41, 5.74) is 5.11. The number of anilines is 1. The molecule has 4 rings (SSSR count). The average molecular weight is 324 g/mol. The van der Waals surface area contributed by atoms with Gasteiger partial charge >= 0.3 is 0 Å². The van der Waals surface area contributed by atoms with Crippen LogP contribution in [0.4, 0.5) is 11.4 Å². The van der Waals surface area contributed by atoms with Crippen molar-refractivity contribution < 1.29 is 0 Å². The van der Waals surface area contributed by atoms with E-state index >= 15 is 0 Å². The number of hydrogen-bond donors (Lipinski definition) is 0. The molecule has 0 bridgehead atoms. The van der Waals surface area contributed by atoms with Gasteiger partial charge in [-0.05, 0) is 41.8 Å². The van der Waals surface area contributed by atoms with Gasteiger partial charge in [-0.3, -0.25) is 4.98 Å². The first-order chi connectivity index (χ1) is 11.2. The van der Waals surface area contributed by atoms with Crippen molar-refractivity contribution in [3.8, 4) is 0 Å². The Morgan fingerprint density at radius 2 is 2.17 bits per heavy atom. The van der Waals surface area contributed by atoms with Crippen molar-refractivity contribution in [3.63, 3.8) is 0 Å². The Morgan fingerprint density at radius 3 is 2.96 bits per heavy atom. The molecule has 3 heterocycles. The van der Waals surface area contributed by atoms with E-state index in [0.717, 1.165) is 29.6 Å². The normalized spacial score (nSPS) is 21.2. The number of amidine groups is 1. The van der Waals surface area contributed by atoms with Crippen LogP contribution in [-0.2, 0) is 13.0 Å². The van der Waals surface area contributed by atoms with Crippen molar-refractivity contribution in [2.75, 3.05) is 24.7 Å². The zero-order valence-corrected chi connectivity index (χ0v) is 14.3. The van der Waals surface area contributed by atoms with Gasteiger partial charge in [-0.1, -0.05) is 17.8 Å². The topological polar surface area (TPSA) is 31.7 Å². The molecule has 0 aliphatic carbocycles. The summed E-state index contributed by atoms with van der Waals surface area (Å²) in [5.74, 6) is 1.12. The maximum Gasteiger partial charge on any atom is 0.165 e. The summed E-state index contributed by atoms with van der Waals surface area (Å²) in [6, 6.07) is 11.3. The van der Waals surface area contributed by atoms with Gasteiger partial charge in [0, 0.05) is 44.3 Å². The first kappa shape index (κ1) is 14.6.